The first kappa shape index (κ1) is 31.4. The third kappa shape index (κ3) is 6.82. The van der Waals surface area contributed by atoms with Crippen LogP contribution in [0.1, 0.15) is 39.6 Å². The molecule has 4 aromatic carbocycles. The zero-order valence-electron chi connectivity index (χ0n) is 26.2. The molecule has 0 bridgehead atoms. The van der Waals surface area contributed by atoms with Crippen LogP contribution in [0.2, 0.25) is 0 Å². The van der Waals surface area contributed by atoms with E-state index in [0.29, 0.717) is 41.6 Å². The highest BCUT2D eigenvalue weighted by atomic mass is 32.1. The molecule has 0 radical (unpaired) electrons. The van der Waals surface area contributed by atoms with Crippen molar-refractivity contribution in [3.8, 4) is 16.9 Å². The average Bonchev–Trinajstić information content (AvgIpc) is 3.52. The highest BCUT2D eigenvalue weighted by Crippen LogP contribution is 2.36. The standard InChI is InChI=1S/C37H38N4O4S/c1-24-20-41(25(2)23-42)37(44)29-12-9-14-31(38-35(43)36-39-30-13-7-8-15-33(30)46-36)34(29)45-32(24)22-40(3)21-26-16-18-28(19-17-26)27-10-5-4-6-11-27/h4-19,24-25,32,42H,20-23H2,1-3H3,(H,38,43)/t24-,25+,32+/m0/s1. The molecule has 236 valence electrons. The second kappa shape index (κ2) is 13.8. The second-order valence-corrected chi connectivity index (χ2v) is 13.0. The molecule has 6 rings (SSSR count). The molecule has 8 nitrogen and oxygen atoms in total. The summed E-state index contributed by atoms with van der Waals surface area (Å²) in [7, 11) is 2.06. The first-order chi connectivity index (χ1) is 22.3. The Bertz CT molecular complexity index is 1790. The summed E-state index contributed by atoms with van der Waals surface area (Å²) < 4.78 is 7.63. The molecule has 2 N–H and O–H groups in total. The van der Waals surface area contributed by atoms with Crippen molar-refractivity contribution in [2.24, 2.45) is 5.92 Å². The lowest BCUT2D eigenvalue weighted by Crippen LogP contribution is -2.49. The Morgan fingerprint density at radius 2 is 1.74 bits per heavy atom. The van der Waals surface area contributed by atoms with Crippen LogP contribution in [0.4, 0.5) is 5.69 Å². The van der Waals surface area contributed by atoms with Gasteiger partial charge in [0.25, 0.3) is 11.8 Å². The molecule has 1 aromatic heterocycles. The maximum Gasteiger partial charge on any atom is 0.284 e. The van der Waals surface area contributed by atoms with Gasteiger partial charge in [-0.2, -0.15) is 0 Å². The second-order valence-electron chi connectivity index (χ2n) is 12.0. The van der Waals surface area contributed by atoms with Crippen LogP contribution in [0.25, 0.3) is 21.3 Å². The summed E-state index contributed by atoms with van der Waals surface area (Å²) in [5, 5.41) is 13.3. The number of fused-ring (bicyclic) bond motifs is 2. The van der Waals surface area contributed by atoms with Crippen molar-refractivity contribution in [2.75, 3.05) is 32.1 Å². The maximum atomic E-state index is 13.9. The zero-order valence-corrected chi connectivity index (χ0v) is 27.0. The molecule has 0 saturated carbocycles. The molecule has 0 unspecified atom stereocenters. The Kier molecular flexibility index (Phi) is 9.44. The van der Waals surface area contributed by atoms with E-state index in [0.717, 1.165) is 10.2 Å². The number of likely N-dealkylation sites (N-methyl/N-ethyl adjacent to an activating group) is 1. The summed E-state index contributed by atoms with van der Waals surface area (Å²) in [6.07, 6.45) is -0.311. The number of carbonyl (C=O) groups is 2. The van der Waals surface area contributed by atoms with Gasteiger partial charge < -0.3 is 20.1 Å². The minimum atomic E-state index is -0.386. The monoisotopic (exact) mass is 634 g/mol. The number of rotatable bonds is 9. The van der Waals surface area contributed by atoms with E-state index in [-0.39, 0.29) is 36.5 Å². The highest BCUT2D eigenvalue weighted by Gasteiger charge is 2.34. The van der Waals surface area contributed by atoms with E-state index in [9.17, 15) is 14.7 Å². The van der Waals surface area contributed by atoms with Crippen LogP contribution in [0.15, 0.2) is 97.1 Å². The first-order valence-electron chi connectivity index (χ1n) is 15.5. The van der Waals surface area contributed by atoms with E-state index < -0.39 is 0 Å². The highest BCUT2D eigenvalue weighted by molar-refractivity contribution is 7.20. The summed E-state index contributed by atoms with van der Waals surface area (Å²) in [5.41, 5.74) is 5.04. The summed E-state index contributed by atoms with van der Waals surface area (Å²) in [6, 6.07) is 31.3. The van der Waals surface area contributed by atoms with Crippen molar-refractivity contribution < 1.29 is 19.4 Å². The van der Waals surface area contributed by atoms with E-state index in [1.165, 1.54) is 28.0 Å². The number of hydrogen-bond acceptors (Lipinski definition) is 7. The van der Waals surface area contributed by atoms with Crippen molar-refractivity contribution >= 4 is 39.1 Å². The van der Waals surface area contributed by atoms with Gasteiger partial charge in [-0.05, 0) is 54.9 Å². The van der Waals surface area contributed by atoms with Crippen molar-refractivity contribution in [3.63, 3.8) is 0 Å². The molecular formula is C37H38N4O4S. The third-order valence-corrected chi connectivity index (χ3v) is 9.47. The Morgan fingerprint density at radius 1 is 1.02 bits per heavy atom. The lowest BCUT2D eigenvalue weighted by Gasteiger charge is -2.38. The summed E-state index contributed by atoms with van der Waals surface area (Å²) >= 11 is 1.31. The first-order valence-corrected chi connectivity index (χ1v) is 16.3. The number of aliphatic hydroxyl groups is 1. The summed E-state index contributed by atoms with van der Waals surface area (Å²) in [4.78, 5) is 35.7. The number of nitrogens with one attached hydrogen (secondary N) is 1. The van der Waals surface area contributed by atoms with Crippen molar-refractivity contribution in [1.29, 1.82) is 0 Å². The SMILES string of the molecule is C[C@H](CO)N1C[C@H](C)[C@@H](CN(C)Cc2ccc(-c3ccccc3)cc2)Oc2c(NC(=O)c3nc4ccccc4s3)cccc2C1=O. The Hall–Kier alpha value is -4.57. The van der Waals surface area contributed by atoms with Gasteiger partial charge in [-0.25, -0.2) is 4.98 Å². The van der Waals surface area contributed by atoms with Gasteiger partial charge in [-0.15, -0.1) is 11.3 Å². The van der Waals surface area contributed by atoms with Crippen LogP contribution in [0.5, 0.6) is 5.75 Å². The summed E-state index contributed by atoms with van der Waals surface area (Å²) in [5.74, 6) is -0.352. The quantitative estimate of drug-likeness (QED) is 0.191. The molecular weight excluding hydrogens is 596 g/mol. The fourth-order valence-electron chi connectivity index (χ4n) is 5.82. The minimum absolute atomic E-state index is 0.0676. The fourth-order valence-corrected chi connectivity index (χ4v) is 6.68. The Morgan fingerprint density at radius 3 is 2.48 bits per heavy atom. The topological polar surface area (TPSA) is 95.0 Å². The van der Waals surface area contributed by atoms with Crippen molar-refractivity contribution in [1.82, 2.24) is 14.8 Å². The normalized spacial score (nSPS) is 17.2. The van der Waals surface area contributed by atoms with E-state index in [4.69, 9.17) is 4.74 Å². The lowest BCUT2D eigenvalue weighted by atomic mass is 9.98. The molecule has 0 spiro atoms. The smallest absolute Gasteiger partial charge is 0.284 e. The number of thiazole rings is 1. The molecule has 3 atom stereocenters. The van der Waals surface area contributed by atoms with E-state index in [1.807, 2.05) is 49.4 Å². The van der Waals surface area contributed by atoms with Crippen LogP contribution >= 0.6 is 11.3 Å². The number of anilines is 1. The lowest BCUT2D eigenvalue weighted by molar-refractivity contribution is 0.0343. The van der Waals surface area contributed by atoms with Gasteiger partial charge in [0.15, 0.2) is 10.8 Å². The van der Waals surface area contributed by atoms with Crippen LogP contribution in [0.3, 0.4) is 0 Å². The van der Waals surface area contributed by atoms with Crippen LogP contribution in [0, 0.1) is 5.92 Å². The predicted molar refractivity (Wildman–Crippen MR) is 183 cm³/mol. The van der Waals surface area contributed by atoms with Gasteiger partial charge in [0, 0.05) is 25.6 Å². The number of amides is 2. The van der Waals surface area contributed by atoms with Crippen LogP contribution in [-0.4, -0.2) is 70.6 Å². The number of nitrogens with zero attached hydrogens (tertiary/aromatic N) is 3. The maximum absolute atomic E-state index is 13.9. The molecule has 2 heterocycles. The van der Waals surface area contributed by atoms with Gasteiger partial charge in [0.1, 0.15) is 6.10 Å². The van der Waals surface area contributed by atoms with Gasteiger partial charge >= 0.3 is 0 Å². The van der Waals surface area contributed by atoms with Crippen LogP contribution in [-0.2, 0) is 6.54 Å². The van der Waals surface area contributed by atoms with Gasteiger partial charge in [0.05, 0.1) is 34.1 Å². The zero-order chi connectivity index (χ0) is 32.2. The number of benzene rings is 4. The Balaban J connectivity index is 1.26. The van der Waals surface area contributed by atoms with E-state index in [2.05, 4.69) is 65.6 Å². The van der Waals surface area contributed by atoms with E-state index >= 15 is 0 Å². The average molecular weight is 635 g/mol. The fraction of sp³-hybridized carbons (Fsp3) is 0.270. The molecule has 46 heavy (non-hydrogen) atoms. The number of aromatic nitrogens is 1. The predicted octanol–water partition coefficient (Wildman–Crippen LogP) is 6.57. The molecule has 0 fully saturated rings. The minimum Gasteiger partial charge on any atom is -0.486 e. The number of para-hydroxylation sites is 2. The summed E-state index contributed by atoms with van der Waals surface area (Å²) in [6.45, 7) is 5.45. The Labute approximate surface area is 273 Å². The van der Waals surface area contributed by atoms with Crippen molar-refractivity contribution in [3.05, 3.63) is 113 Å². The number of ether oxygens (including phenoxy) is 1. The molecule has 2 amide bonds. The largest absolute Gasteiger partial charge is 0.486 e. The van der Waals surface area contributed by atoms with Crippen LogP contribution < -0.4 is 10.1 Å². The molecule has 1 aliphatic rings. The van der Waals surface area contributed by atoms with Crippen molar-refractivity contribution in [2.45, 2.75) is 32.5 Å². The van der Waals surface area contributed by atoms with Gasteiger partial charge in [-0.1, -0.05) is 79.7 Å². The molecule has 9 heteroatoms. The molecule has 0 saturated heterocycles. The molecule has 0 aliphatic carbocycles. The third-order valence-electron chi connectivity index (χ3n) is 8.43. The number of aliphatic hydroxyl groups excluding tert-OH is 1. The van der Waals surface area contributed by atoms with E-state index in [1.54, 1.807) is 23.1 Å². The van der Waals surface area contributed by atoms with Gasteiger partial charge in [0.2, 0.25) is 0 Å². The molecule has 1 aliphatic heterocycles. The molecule has 5 aromatic rings. The number of hydrogen-bond donors (Lipinski definition) is 2. The number of carbonyl (C=O) groups excluding carboxylic acids is 2. The van der Waals surface area contributed by atoms with Gasteiger partial charge in [-0.3, -0.25) is 14.5 Å².